The molecule has 0 aliphatic carbocycles. The first-order valence-corrected chi connectivity index (χ1v) is 8.79. The molecule has 3 nitrogen and oxygen atoms in total. The molecule has 1 aliphatic heterocycles. The van der Waals surface area contributed by atoms with E-state index in [1.54, 1.807) is 6.08 Å². The molecule has 0 aromatic heterocycles. The minimum Gasteiger partial charge on any atom is -0.457 e. The van der Waals surface area contributed by atoms with Gasteiger partial charge < -0.3 is 10.1 Å². The first-order chi connectivity index (χ1) is 11.3. The maximum atomic E-state index is 11.9. The number of amides is 1. The van der Waals surface area contributed by atoms with Gasteiger partial charge in [-0.3, -0.25) is 4.79 Å². The Morgan fingerprint density at radius 3 is 2.26 bits per heavy atom. The fourth-order valence-electron chi connectivity index (χ4n) is 2.02. The van der Waals surface area contributed by atoms with Crippen LogP contribution in [0, 0.1) is 0 Å². The number of carbonyl (C=O) groups excluding carboxylic acids is 1. The lowest BCUT2D eigenvalue weighted by atomic mass is 10.3. The fraction of sp³-hybridized carbons (Fsp3) is 0. The van der Waals surface area contributed by atoms with Crippen molar-refractivity contribution in [2.45, 2.75) is 0 Å². The molecule has 0 spiro atoms. The molecular weight excluding hydrogens is 306 g/mol. The number of anilines is 1. The number of ether oxygens (including phenoxy) is 1. The van der Waals surface area contributed by atoms with Crippen LogP contribution < -0.4 is 10.1 Å². The highest BCUT2D eigenvalue weighted by molar-refractivity contribution is 8.24. The second kappa shape index (κ2) is 7.51. The Bertz CT molecular complexity index is 737. The number of carbonyl (C=O) groups is 1. The van der Waals surface area contributed by atoms with Crippen LogP contribution in [0.1, 0.15) is 0 Å². The molecule has 1 amide bonds. The van der Waals surface area contributed by atoms with Gasteiger partial charge in [0, 0.05) is 11.8 Å². The number of para-hydroxylation sites is 1. The summed E-state index contributed by atoms with van der Waals surface area (Å²) < 4.78 is 5.71. The van der Waals surface area contributed by atoms with Crippen LogP contribution in [0.25, 0.3) is 0 Å². The average Bonchev–Trinajstić information content (AvgIpc) is 3.09. The van der Waals surface area contributed by atoms with E-state index in [0.29, 0.717) is 0 Å². The summed E-state index contributed by atoms with van der Waals surface area (Å²) in [7, 11) is -0.408. The summed E-state index contributed by atoms with van der Waals surface area (Å²) in [6.07, 6.45) is 5.58. The summed E-state index contributed by atoms with van der Waals surface area (Å²) in [5.41, 5.74) is 0.741. The van der Waals surface area contributed by atoms with Crippen LogP contribution in [0.15, 0.2) is 89.0 Å². The lowest BCUT2D eigenvalue weighted by Crippen LogP contribution is -2.07. The smallest absolute Gasteiger partial charge is 0.248 e. The van der Waals surface area contributed by atoms with Gasteiger partial charge in [0.25, 0.3) is 0 Å². The van der Waals surface area contributed by atoms with Crippen molar-refractivity contribution < 1.29 is 9.53 Å². The third-order valence-electron chi connectivity index (χ3n) is 3.13. The molecule has 1 N–H and O–H groups in total. The van der Waals surface area contributed by atoms with E-state index in [2.05, 4.69) is 16.1 Å². The van der Waals surface area contributed by atoms with Gasteiger partial charge in [0.1, 0.15) is 11.5 Å². The van der Waals surface area contributed by atoms with Gasteiger partial charge in [-0.15, -0.1) is 0 Å². The Labute approximate surface area is 138 Å². The molecule has 116 valence electrons. The molecule has 0 atom stereocenters. The zero-order chi connectivity index (χ0) is 15.9. The fourth-order valence-corrected chi connectivity index (χ4v) is 3.22. The van der Waals surface area contributed by atoms with E-state index in [-0.39, 0.29) is 5.91 Å². The number of hydrogen-bond donors (Lipinski definition) is 2. The SMILES string of the molecule is O=C(C=C[SH]1C=CC=C1)Nc1ccc(Oc2ccccc2)cc1. The van der Waals surface area contributed by atoms with Gasteiger partial charge in [0.2, 0.25) is 5.91 Å². The van der Waals surface area contributed by atoms with Gasteiger partial charge in [0.15, 0.2) is 0 Å². The molecule has 0 bridgehead atoms. The third-order valence-corrected chi connectivity index (χ3v) is 4.65. The van der Waals surface area contributed by atoms with E-state index < -0.39 is 10.9 Å². The van der Waals surface area contributed by atoms with Gasteiger partial charge in [-0.1, -0.05) is 30.4 Å². The van der Waals surface area contributed by atoms with Gasteiger partial charge >= 0.3 is 0 Å². The van der Waals surface area contributed by atoms with Crippen molar-refractivity contribution in [2.75, 3.05) is 5.32 Å². The zero-order valence-electron chi connectivity index (χ0n) is 12.4. The Morgan fingerprint density at radius 1 is 0.913 bits per heavy atom. The highest BCUT2D eigenvalue weighted by Gasteiger charge is 2.01. The van der Waals surface area contributed by atoms with Crippen LogP contribution in [0.3, 0.4) is 0 Å². The number of rotatable bonds is 5. The predicted molar refractivity (Wildman–Crippen MR) is 98.0 cm³/mol. The lowest BCUT2D eigenvalue weighted by molar-refractivity contribution is -0.111. The van der Waals surface area contributed by atoms with Crippen molar-refractivity contribution in [3.63, 3.8) is 0 Å². The molecule has 0 fully saturated rings. The number of nitrogens with one attached hydrogen (secondary N) is 1. The van der Waals surface area contributed by atoms with Gasteiger partial charge in [-0.2, -0.15) is 10.9 Å². The van der Waals surface area contributed by atoms with E-state index >= 15 is 0 Å². The van der Waals surface area contributed by atoms with Crippen LogP contribution in [0.5, 0.6) is 11.5 Å². The van der Waals surface area contributed by atoms with E-state index in [4.69, 9.17) is 4.74 Å². The van der Waals surface area contributed by atoms with Crippen LogP contribution in [0.2, 0.25) is 0 Å². The van der Waals surface area contributed by atoms with E-state index in [9.17, 15) is 4.79 Å². The third kappa shape index (κ3) is 4.63. The molecule has 0 saturated heterocycles. The normalized spacial score (nSPS) is 14.3. The summed E-state index contributed by atoms with van der Waals surface area (Å²) >= 11 is 0. The Kier molecular flexibility index (Phi) is 4.96. The molecule has 1 aliphatic rings. The van der Waals surface area contributed by atoms with Crippen LogP contribution >= 0.6 is 10.9 Å². The second-order valence-corrected chi connectivity index (χ2v) is 6.66. The predicted octanol–water partition coefficient (Wildman–Crippen LogP) is 4.97. The minimum atomic E-state index is -0.408. The largest absolute Gasteiger partial charge is 0.457 e. The van der Waals surface area contributed by atoms with Crippen molar-refractivity contribution in [1.82, 2.24) is 0 Å². The van der Waals surface area contributed by atoms with Crippen molar-refractivity contribution in [3.8, 4) is 11.5 Å². The molecule has 0 saturated carbocycles. The van der Waals surface area contributed by atoms with E-state index in [1.807, 2.05) is 72.2 Å². The topological polar surface area (TPSA) is 38.3 Å². The molecule has 4 heteroatoms. The van der Waals surface area contributed by atoms with Crippen LogP contribution in [-0.2, 0) is 4.79 Å². The summed E-state index contributed by atoms with van der Waals surface area (Å²) in [5, 5.41) is 8.95. The minimum absolute atomic E-state index is 0.127. The summed E-state index contributed by atoms with van der Waals surface area (Å²) in [4.78, 5) is 11.9. The van der Waals surface area contributed by atoms with Gasteiger partial charge in [-0.25, -0.2) is 0 Å². The number of thiol groups is 1. The Morgan fingerprint density at radius 2 is 1.57 bits per heavy atom. The number of allylic oxidation sites excluding steroid dienone is 2. The molecule has 23 heavy (non-hydrogen) atoms. The number of hydrogen-bond acceptors (Lipinski definition) is 2. The monoisotopic (exact) mass is 323 g/mol. The van der Waals surface area contributed by atoms with E-state index in [1.165, 1.54) is 0 Å². The Balaban J connectivity index is 1.55. The average molecular weight is 323 g/mol. The van der Waals surface area contributed by atoms with Gasteiger partial charge in [-0.05, 0) is 52.6 Å². The molecule has 0 unspecified atom stereocenters. The lowest BCUT2D eigenvalue weighted by Gasteiger charge is -2.07. The zero-order valence-corrected chi connectivity index (χ0v) is 13.3. The van der Waals surface area contributed by atoms with Crippen LogP contribution in [-0.4, -0.2) is 5.91 Å². The second-order valence-electron chi connectivity index (χ2n) is 4.87. The maximum absolute atomic E-state index is 11.9. The quantitative estimate of drug-likeness (QED) is 0.602. The summed E-state index contributed by atoms with van der Waals surface area (Å²) in [6, 6.07) is 16.9. The van der Waals surface area contributed by atoms with Crippen molar-refractivity contribution in [2.24, 2.45) is 0 Å². The first kappa shape index (κ1) is 15.2. The summed E-state index contributed by atoms with van der Waals surface area (Å²) in [6.45, 7) is 0. The molecule has 1 heterocycles. The van der Waals surface area contributed by atoms with Gasteiger partial charge in [0.05, 0.1) is 0 Å². The van der Waals surface area contributed by atoms with Crippen molar-refractivity contribution in [1.29, 1.82) is 0 Å². The molecule has 2 aromatic rings. The maximum Gasteiger partial charge on any atom is 0.248 e. The standard InChI is InChI=1S/C19H17NO2S/c21-19(12-15-23-13-4-5-14-23)20-16-8-10-18(11-9-16)22-17-6-2-1-3-7-17/h1-15,23H,(H,20,21). The molecule has 0 radical (unpaired) electrons. The highest BCUT2D eigenvalue weighted by Crippen LogP contribution is 2.33. The molecular formula is C19H17NO2S. The summed E-state index contributed by atoms with van der Waals surface area (Å²) in [5.74, 6) is 1.39. The molecule has 2 aromatic carbocycles. The first-order valence-electron chi connectivity index (χ1n) is 7.24. The van der Waals surface area contributed by atoms with Crippen LogP contribution in [0.4, 0.5) is 5.69 Å². The molecule has 3 rings (SSSR count). The highest BCUT2D eigenvalue weighted by atomic mass is 32.2. The van der Waals surface area contributed by atoms with E-state index in [0.717, 1.165) is 17.2 Å². The van der Waals surface area contributed by atoms with Crippen molar-refractivity contribution in [3.05, 3.63) is 89.0 Å². The van der Waals surface area contributed by atoms with Crippen molar-refractivity contribution >= 4 is 22.5 Å². The number of benzene rings is 2. The Hall–Kier alpha value is -2.72.